The number of nitrogens with zero attached hydrogens (tertiary/aromatic N) is 1. The second-order valence-corrected chi connectivity index (χ2v) is 5.33. The fourth-order valence-electron chi connectivity index (χ4n) is 2.17. The van der Waals surface area contributed by atoms with Crippen molar-refractivity contribution in [2.24, 2.45) is 11.7 Å². The van der Waals surface area contributed by atoms with E-state index in [0.29, 0.717) is 18.9 Å². The highest BCUT2D eigenvalue weighted by molar-refractivity contribution is 5.81. The van der Waals surface area contributed by atoms with Crippen LogP contribution in [-0.4, -0.2) is 23.9 Å². The number of carbonyl (C=O) groups is 1. The highest BCUT2D eigenvalue weighted by Crippen LogP contribution is 2.47. The first kappa shape index (κ1) is 13.1. The molecular weight excluding hydrogens is 228 g/mol. The molecule has 0 radical (unpaired) electrons. The van der Waals surface area contributed by atoms with Gasteiger partial charge in [-0.05, 0) is 30.9 Å². The van der Waals surface area contributed by atoms with Crippen molar-refractivity contribution < 1.29 is 9.21 Å². The standard InChI is InChI=1S/C14H22N2O2/c1-4-12(15)14(17)16(3)8-10-5-6-13(18-10)11-7-9(11)2/h5-6,9,11-12H,4,7-8,15H2,1-3H3. The minimum Gasteiger partial charge on any atom is -0.464 e. The predicted molar refractivity (Wildman–Crippen MR) is 70.0 cm³/mol. The van der Waals surface area contributed by atoms with Crippen LogP contribution in [0.2, 0.25) is 0 Å². The van der Waals surface area contributed by atoms with Gasteiger partial charge in [-0.3, -0.25) is 4.79 Å². The van der Waals surface area contributed by atoms with Crippen LogP contribution >= 0.6 is 0 Å². The van der Waals surface area contributed by atoms with Gasteiger partial charge in [-0.15, -0.1) is 0 Å². The molecule has 2 N–H and O–H groups in total. The van der Waals surface area contributed by atoms with Crippen LogP contribution in [0.1, 0.15) is 44.1 Å². The van der Waals surface area contributed by atoms with Gasteiger partial charge in [0, 0.05) is 13.0 Å². The largest absolute Gasteiger partial charge is 0.464 e. The summed E-state index contributed by atoms with van der Waals surface area (Å²) in [5, 5.41) is 0. The van der Waals surface area contributed by atoms with Crippen LogP contribution in [0.3, 0.4) is 0 Å². The summed E-state index contributed by atoms with van der Waals surface area (Å²) in [7, 11) is 1.76. The van der Waals surface area contributed by atoms with E-state index in [4.69, 9.17) is 10.2 Å². The predicted octanol–water partition coefficient (Wildman–Crippen LogP) is 2.10. The lowest BCUT2D eigenvalue weighted by Gasteiger charge is -2.19. The lowest BCUT2D eigenvalue weighted by molar-refractivity contribution is -0.132. The van der Waals surface area contributed by atoms with Gasteiger partial charge in [0.15, 0.2) is 0 Å². The molecule has 1 fully saturated rings. The topological polar surface area (TPSA) is 59.5 Å². The Hall–Kier alpha value is -1.29. The summed E-state index contributed by atoms with van der Waals surface area (Å²) in [5.74, 6) is 3.17. The van der Waals surface area contributed by atoms with E-state index in [-0.39, 0.29) is 5.91 Å². The third-order valence-electron chi connectivity index (χ3n) is 3.68. The molecule has 4 nitrogen and oxygen atoms in total. The fourth-order valence-corrected chi connectivity index (χ4v) is 2.17. The van der Waals surface area contributed by atoms with Gasteiger partial charge in [0.25, 0.3) is 0 Å². The highest BCUT2D eigenvalue weighted by Gasteiger charge is 2.36. The number of hydrogen-bond acceptors (Lipinski definition) is 3. The Morgan fingerprint density at radius 3 is 2.83 bits per heavy atom. The number of likely N-dealkylation sites (N-methyl/N-ethyl adjacent to an activating group) is 1. The average molecular weight is 250 g/mol. The lowest BCUT2D eigenvalue weighted by atomic mass is 10.2. The molecule has 1 aromatic heterocycles. The Labute approximate surface area is 108 Å². The summed E-state index contributed by atoms with van der Waals surface area (Å²) >= 11 is 0. The molecule has 0 aromatic carbocycles. The Kier molecular flexibility index (Phi) is 3.76. The number of furan rings is 1. The minimum absolute atomic E-state index is 0.0322. The molecule has 100 valence electrons. The first-order chi connectivity index (χ1) is 8.52. The Balaban J connectivity index is 1.92. The van der Waals surface area contributed by atoms with Crippen molar-refractivity contribution in [1.82, 2.24) is 4.90 Å². The van der Waals surface area contributed by atoms with Gasteiger partial charge in [0.2, 0.25) is 5.91 Å². The Bertz CT molecular complexity index is 427. The summed E-state index contributed by atoms with van der Waals surface area (Å²) in [6.45, 7) is 4.63. The molecule has 0 spiro atoms. The molecule has 1 aromatic rings. The van der Waals surface area contributed by atoms with Gasteiger partial charge in [0.05, 0.1) is 12.6 Å². The van der Waals surface area contributed by atoms with Crippen LogP contribution < -0.4 is 5.73 Å². The molecule has 3 atom stereocenters. The zero-order valence-electron chi connectivity index (χ0n) is 11.3. The SMILES string of the molecule is CCC(N)C(=O)N(C)Cc1ccc(C2CC2C)o1. The fraction of sp³-hybridized carbons (Fsp3) is 0.643. The van der Waals surface area contributed by atoms with E-state index in [9.17, 15) is 4.79 Å². The zero-order chi connectivity index (χ0) is 13.3. The van der Waals surface area contributed by atoms with Gasteiger partial charge >= 0.3 is 0 Å². The van der Waals surface area contributed by atoms with Gasteiger partial charge in [-0.2, -0.15) is 0 Å². The summed E-state index contributed by atoms with van der Waals surface area (Å²) in [5.41, 5.74) is 5.73. The summed E-state index contributed by atoms with van der Waals surface area (Å²) in [6, 6.07) is 3.58. The summed E-state index contributed by atoms with van der Waals surface area (Å²) < 4.78 is 5.78. The van der Waals surface area contributed by atoms with E-state index in [0.717, 1.165) is 17.4 Å². The average Bonchev–Trinajstić information content (AvgIpc) is 2.90. The molecule has 1 aliphatic rings. The smallest absolute Gasteiger partial charge is 0.239 e. The molecule has 0 aliphatic heterocycles. The first-order valence-electron chi connectivity index (χ1n) is 6.62. The molecule has 0 saturated heterocycles. The molecule has 2 rings (SSSR count). The third-order valence-corrected chi connectivity index (χ3v) is 3.68. The number of rotatable bonds is 5. The van der Waals surface area contributed by atoms with Crippen LogP contribution in [0.15, 0.2) is 16.5 Å². The number of hydrogen-bond donors (Lipinski definition) is 1. The summed E-state index contributed by atoms with van der Waals surface area (Å²) in [6.07, 6.45) is 1.87. The Morgan fingerprint density at radius 2 is 2.28 bits per heavy atom. The maximum atomic E-state index is 11.8. The van der Waals surface area contributed by atoms with Crippen molar-refractivity contribution in [3.8, 4) is 0 Å². The van der Waals surface area contributed by atoms with Crippen molar-refractivity contribution in [3.63, 3.8) is 0 Å². The third kappa shape index (κ3) is 2.75. The molecule has 0 bridgehead atoms. The molecule has 4 heteroatoms. The molecule has 1 amide bonds. The molecular formula is C14H22N2O2. The number of carbonyl (C=O) groups excluding carboxylic acids is 1. The van der Waals surface area contributed by atoms with Crippen molar-refractivity contribution in [2.45, 2.75) is 45.2 Å². The quantitative estimate of drug-likeness (QED) is 0.870. The maximum Gasteiger partial charge on any atom is 0.239 e. The van der Waals surface area contributed by atoms with Gasteiger partial charge < -0.3 is 15.1 Å². The van der Waals surface area contributed by atoms with E-state index >= 15 is 0 Å². The monoisotopic (exact) mass is 250 g/mol. The van der Waals surface area contributed by atoms with Crippen LogP contribution in [0.5, 0.6) is 0 Å². The van der Waals surface area contributed by atoms with E-state index in [1.165, 1.54) is 6.42 Å². The van der Waals surface area contributed by atoms with E-state index in [1.54, 1.807) is 11.9 Å². The summed E-state index contributed by atoms with van der Waals surface area (Å²) in [4.78, 5) is 13.5. The van der Waals surface area contributed by atoms with Crippen molar-refractivity contribution in [2.75, 3.05) is 7.05 Å². The first-order valence-corrected chi connectivity index (χ1v) is 6.62. The minimum atomic E-state index is -0.409. The molecule has 3 unspecified atom stereocenters. The molecule has 18 heavy (non-hydrogen) atoms. The second-order valence-electron chi connectivity index (χ2n) is 5.33. The Morgan fingerprint density at radius 1 is 1.61 bits per heavy atom. The van der Waals surface area contributed by atoms with Crippen LogP contribution in [0.25, 0.3) is 0 Å². The second kappa shape index (κ2) is 5.14. The van der Waals surface area contributed by atoms with Gasteiger partial charge in [-0.1, -0.05) is 13.8 Å². The zero-order valence-corrected chi connectivity index (χ0v) is 11.3. The molecule has 1 saturated carbocycles. The van der Waals surface area contributed by atoms with Crippen molar-refractivity contribution in [3.05, 3.63) is 23.7 Å². The van der Waals surface area contributed by atoms with E-state index in [2.05, 4.69) is 6.92 Å². The molecule has 1 aliphatic carbocycles. The number of amides is 1. The highest BCUT2D eigenvalue weighted by atomic mass is 16.3. The van der Waals surface area contributed by atoms with Crippen LogP contribution in [0, 0.1) is 5.92 Å². The van der Waals surface area contributed by atoms with Crippen LogP contribution in [-0.2, 0) is 11.3 Å². The van der Waals surface area contributed by atoms with E-state index < -0.39 is 6.04 Å². The van der Waals surface area contributed by atoms with Crippen molar-refractivity contribution in [1.29, 1.82) is 0 Å². The maximum absolute atomic E-state index is 11.8. The van der Waals surface area contributed by atoms with Gasteiger partial charge in [0.1, 0.15) is 11.5 Å². The van der Waals surface area contributed by atoms with Crippen molar-refractivity contribution >= 4 is 5.91 Å². The van der Waals surface area contributed by atoms with Crippen LogP contribution in [0.4, 0.5) is 0 Å². The number of nitrogens with two attached hydrogens (primary N) is 1. The lowest BCUT2D eigenvalue weighted by Crippen LogP contribution is -2.40. The molecule has 1 heterocycles. The van der Waals surface area contributed by atoms with E-state index in [1.807, 2.05) is 19.1 Å². The van der Waals surface area contributed by atoms with Gasteiger partial charge in [-0.25, -0.2) is 0 Å². The normalized spacial score (nSPS) is 23.8.